The monoisotopic (exact) mass is 360 g/mol. The van der Waals surface area contributed by atoms with Gasteiger partial charge in [-0.3, -0.25) is 0 Å². The number of carbonyl (C=O) groups is 3. The van der Waals surface area contributed by atoms with E-state index in [-0.39, 0.29) is 11.1 Å². The average Bonchev–Trinajstić information content (AvgIpc) is 2.65. The van der Waals surface area contributed by atoms with Crippen molar-refractivity contribution in [2.24, 2.45) is 0 Å². The molecule has 0 saturated heterocycles. The molecule has 8 nitrogen and oxygen atoms in total. The number of carbonyl (C=O) groups excluding carboxylic acids is 2. The largest absolute Gasteiger partial charge is 0.478 e. The van der Waals surface area contributed by atoms with E-state index < -0.39 is 36.4 Å². The van der Waals surface area contributed by atoms with Crippen molar-refractivity contribution < 1.29 is 39.2 Å². The first-order valence-corrected chi connectivity index (χ1v) is 7.51. The summed E-state index contributed by atoms with van der Waals surface area (Å²) in [5.41, 5.74) is 0.121. The average molecular weight is 360 g/mol. The van der Waals surface area contributed by atoms with Crippen LogP contribution in [0.2, 0.25) is 0 Å². The van der Waals surface area contributed by atoms with Crippen molar-refractivity contribution in [2.75, 3.05) is 0 Å². The molecule has 8 heteroatoms. The standard InChI is InChI=1S/C18H16O8/c19-15(20)13(25-17(23)11-7-3-1-4-8-11)14(16(21)22)26-18(24)12-9-5-2-6-10-12/h1-10,13-15,19-20H,(H,21,22)/t13-,14-/m1/s1. The Hall–Kier alpha value is -3.23. The van der Waals surface area contributed by atoms with Crippen LogP contribution in [0.25, 0.3) is 0 Å². The van der Waals surface area contributed by atoms with Gasteiger partial charge in [-0.05, 0) is 24.3 Å². The van der Waals surface area contributed by atoms with Gasteiger partial charge in [-0.25, -0.2) is 14.4 Å². The molecule has 0 aromatic heterocycles. The molecule has 3 N–H and O–H groups in total. The number of carboxylic acids is 1. The molecule has 0 aliphatic carbocycles. The predicted molar refractivity (Wildman–Crippen MR) is 87.2 cm³/mol. The van der Waals surface area contributed by atoms with Crippen LogP contribution in [0, 0.1) is 0 Å². The fourth-order valence-corrected chi connectivity index (χ4v) is 2.06. The molecule has 0 aliphatic heterocycles. The summed E-state index contributed by atoms with van der Waals surface area (Å²) in [4.78, 5) is 35.6. The summed E-state index contributed by atoms with van der Waals surface area (Å²) >= 11 is 0. The molecule has 0 heterocycles. The Labute approximate surface area is 148 Å². The van der Waals surface area contributed by atoms with Crippen molar-refractivity contribution in [1.29, 1.82) is 0 Å². The van der Waals surface area contributed by atoms with Crippen LogP contribution >= 0.6 is 0 Å². The zero-order valence-electron chi connectivity index (χ0n) is 13.4. The minimum absolute atomic E-state index is 0.0549. The second-order valence-corrected chi connectivity index (χ2v) is 5.18. The molecule has 0 radical (unpaired) electrons. The lowest BCUT2D eigenvalue weighted by molar-refractivity contribution is -0.181. The Bertz CT molecular complexity index is 757. The molecule has 0 aliphatic rings. The molecule has 136 valence electrons. The van der Waals surface area contributed by atoms with E-state index in [1.54, 1.807) is 36.4 Å². The number of aliphatic hydroxyl groups excluding tert-OH is 1. The molecular formula is C18H16O8. The highest BCUT2D eigenvalue weighted by Crippen LogP contribution is 2.15. The normalized spacial score (nSPS) is 12.9. The highest BCUT2D eigenvalue weighted by molar-refractivity contribution is 5.92. The van der Waals surface area contributed by atoms with Crippen LogP contribution in [-0.2, 0) is 14.3 Å². The van der Waals surface area contributed by atoms with Gasteiger partial charge in [-0.15, -0.1) is 0 Å². The van der Waals surface area contributed by atoms with Crippen molar-refractivity contribution in [3.63, 3.8) is 0 Å². The van der Waals surface area contributed by atoms with Gasteiger partial charge < -0.3 is 24.8 Å². The van der Waals surface area contributed by atoms with Gasteiger partial charge in [0.25, 0.3) is 0 Å². The van der Waals surface area contributed by atoms with E-state index in [9.17, 15) is 29.7 Å². The minimum Gasteiger partial charge on any atom is -0.478 e. The topological polar surface area (TPSA) is 130 Å². The number of hydrogen-bond donors (Lipinski definition) is 3. The third kappa shape index (κ3) is 4.88. The summed E-state index contributed by atoms with van der Waals surface area (Å²) < 4.78 is 9.68. The van der Waals surface area contributed by atoms with Crippen LogP contribution in [0.1, 0.15) is 20.7 Å². The minimum atomic E-state index is -2.38. The van der Waals surface area contributed by atoms with Gasteiger partial charge in [0, 0.05) is 0 Å². The van der Waals surface area contributed by atoms with E-state index in [0.717, 1.165) is 0 Å². The maximum atomic E-state index is 12.1. The summed E-state index contributed by atoms with van der Waals surface area (Å²) in [6.07, 6.45) is -6.52. The van der Waals surface area contributed by atoms with Crippen LogP contribution in [0.5, 0.6) is 0 Å². The first kappa shape index (κ1) is 19.1. The molecule has 2 rings (SSSR count). The maximum Gasteiger partial charge on any atom is 0.349 e. The maximum absolute atomic E-state index is 12.1. The van der Waals surface area contributed by atoms with Crippen molar-refractivity contribution in [1.82, 2.24) is 0 Å². The molecule has 2 aromatic carbocycles. The first-order chi connectivity index (χ1) is 12.4. The highest BCUT2D eigenvalue weighted by Gasteiger charge is 2.40. The van der Waals surface area contributed by atoms with Gasteiger partial charge >= 0.3 is 17.9 Å². The lowest BCUT2D eigenvalue weighted by atomic mass is 10.1. The predicted octanol–water partition coefficient (Wildman–Crippen LogP) is 0.833. The number of hydrogen-bond acceptors (Lipinski definition) is 7. The van der Waals surface area contributed by atoms with Crippen molar-refractivity contribution in [2.45, 2.75) is 18.5 Å². The smallest absolute Gasteiger partial charge is 0.349 e. The lowest BCUT2D eigenvalue weighted by Gasteiger charge is -2.25. The second kappa shape index (κ2) is 8.75. The fraction of sp³-hybridized carbons (Fsp3) is 0.167. The molecule has 0 fully saturated rings. The highest BCUT2D eigenvalue weighted by atomic mass is 16.6. The Morgan fingerprint density at radius 1 is 0.731 bits per heavy atom. The quantitative estimate of drug-likeness (QED) is 0.489. The number of aliphatic hydroxyl groups is 2. The SMILES string of the molecule is O=C(O[C@@H](C(=O)O)[C@@H](OC(=O)c1ccccc1)C(O)O)c1ccccc1. The zero-order chi connectivity index (χ0) is 19.1. The third-order valence-corrected chi connectivity index (χ3v) is 3.33. The van der Waals surface area contributed by atoms with Gasteiger partial charge in [-0.1, -0.05) is 36.4 Å². The molecule has 0 amide bonds. The lowest BCUT2D eigenvalue weighted by Crippen LogP contribution is -2.47. The number of benzene rings is 2. The number of esters is 2. The molecule has 0 bridgehead atoms. The number of carboxylic acid groups (broad SMARTS) is 1. The van der Waals surface area contributed by atoms with Crippen molar-refractivity contribution >= 4 is 17.9 Å². The van der Waals surface area contributed by atoms with Gasteiger partial charge in [0.1, 0.15) is 0 Å². The zero-order valence-corrected chi connectivity index (χ0v) is 13.4. The molecule has 0 saturated carbocycles. The second-order valence-electron chi connectivity index (χ2n) is 5.18. The van der Waals surface area contributed by atoms with Gasteiger partial charge in [0.2, 0.25) is 6.10 Å². The van der Waals surface area contributed by atoms with Gasteiger partial charge in [-0.2, -0.15) is 0 Å². The number of ether oxygens (including phenoxy) is 2. The van der Waals surface area contributed by atoms with Crippen LogP contribution in [0.4, 0.5) is 0 Å². The van der Waals surface area contributed by atoms with E-state index in [2.05, 4.69) is 0 Å². The van der Waals surface area contributed by atoms with Gasteiger partial charge in [0.15, 0.2) is 12.4 Å². The van der Waals surface area contributed by atoms with Crippen LogP contribution in [0.15, 0.2) is 60.7 Å². The summed E-state index contributed by atoms with van der Waals surface area (Å²) in [6, 6.07) is 15.0. The number of rotatable bonds is 7. The summed E-state index contributed by atoms with van der Waals surface area (Å²) in [5.74, 6) is -3.71. The van der Waals surface area contributed by atoms with E-state index in [1.165, 1.54) is 24.3 Å². The molecule has 2 atom stereocenters. The van der Waals surface area contributed by atoms with Crippen LogP contribution in [0.3, 0.4) is 0 Å². The third-order valence-electron chi connectivity index (χ3n) is 3.33. The molecule has 2 aromatic rings. The van der Waals surface area contributed by atoms with E-state index in [0.29, 0.717) is 0 Å². The summed E-state index contributed by atoms with van der Waals surface area (Å²) in [6.45, 7) is 0. The Morgan fingerprint density at radius 2 is 1.15 bits per heavy atom. The van der Waals surface area contributed by atoms with Crippen LogP contribution < -0.4 is 0 Å². The number of aliphatic carboxylic acids is 1. The molecule has 0 unspecified atom stereocenters. The van der Waals surface area contributed by atoms with E-state index in [4.69, 9.17) is 9.47 Å². The molecule has 26 heavy (non-hydrogen) atoms. The molecule has 0 spiro atoms. The Balaban J connectivity index is 2.19. The Kier molecular flexibility index (Phi) is 6.42. The summed E-state index contributed by atoms with van der Waals surface area (Å²) in [5, 5.41) is 28.1. The van der Waals surface area contributed by atoms with Crippen LogP contribution in [-0.4, -0.2) is 51.7 Å². The first-order valence-electron chi connectivity index (χ1n) is 7.51. The van der Waals surface area contributed by atoms with Crippen molar-refractivity contribution in [3.05, 3.63) is 71.8 Å². The summed E-state index contributed by atoms with van der Waals surface area (Å²) in [7, 11) is 0. The van der Waals surface area contributed by atoms with Crippen molar-refractivity contribution in [3.8, 4) is 0 Å². The fourth-order valence-electron chi connectivity index (χ4n) is 2.06. The molecular weight excluding hydrogens is 344 g/mol. The Morgan fingerprint density at radius 3 is 1.54 bits per heavy atom. The van der Waals surface area contributed by atoms with E-state index >= 15 is 0 Å². The van der Waals surface area contributed by atoms with Gasteiger partial charge in [0.05, 0.1) is 11.1 Å². The van der Waals surface area contributed by atoms with E-state index in [1.807, 2.05) is 0 Å².